The van der Waals surface area contributed by atoms with Crippen LogP contribution in [0.3, 0.4) is 0 Å². The van der Waals surface area contributed by atoms with Gasteiger partial charge in [-0.15, -0.1) is 0 Å². The van der Waals surface area contributed by atoms with Gasteiger partial charge >= 0.3 is 0 Å². The maximum absolute atomic E-state index is 2.18. The number of hydrogen-bond donors (Lipinski definition) is 0. The van der Waals surface area contributed by atoms with Gasteiger partial charge in [-0.3, -0.25) is 0 Å². The van der Waals surface area contributed by atoms with Gasteiger partial charge in [-0.1, -0.05) is 102 Å². The fourth-order valence-corrected chi connectivity index (χ4v) is 0. The predicted octanol–water partition coefficient (Wildman–Crippen LogP) is 7.33. The molecule has 0 spiro atoms. The summed E-state index contributed by atoms with van der Waals surface area (Å²) in [5, 5.41) is 0. The highest BCUT2D eigenvalue weighted by Crippen LogP contribution is 1.76. The molecule has 0 radical (unpaired) electrons. The normalized spacial score (nSPS) is 4.80. The molecule has 0 rings (SSSR count). The van der Waals surface area contributed by atoms with Crippen LogP contribution in [-0.4, -0.2) is 0 Å². The van der Waals surface area contributed by atoms with E-state index in [-0.39, 0.29) is 0 Å². The standard InChI is InChI=1S/C4H10.C3H8.4C2H6/c1-3-4-2;1-3-2;4*1-2/h3-4H2,1-2H3;3H2,1-2H3;4*1-2H3. The van der Waals surface area contributed by atoms with Crippen molar-refractivity contribution < 1.29 is 0 Å². The predicted molar refractivity (Wildman–Crippen MR) is 81.9 cm³/mol. The van der Waals surface area contributed by atoms with Crippen molar-refractivity contribution in [3.63, 3.8) is 0 Å². The van der Waals surface area contributed by atoms with Gasteiger partial charge in [0.25, 0.3) is 0 Å². The second kappa shape index (κ2) is 263. The van der Waals surface area contributed by atoms with E-state index in [0.29, 0.717) is 0 Å². The molecule has 0 heteroatoms. The molecule has 0 aromatic heterocycles. The van der Waals surface area contributed by atoms with Crippen molar-refractivity contribution in [3.05, 3.63) is 0 Å². The molecule has 102 valence electrons. The smallest absolute Gasteiger partial charge is 0.0564 e. The van der Waals surface area contributed by atoms with Crippen molar-refractivity contribution in [2.45, 2.75) is 102 Å². The van der Waals surface area contributed by atoms with Crippen LogP contribution in [0.5, 0.6) is 0 Å². The number of hydrogen-bond acceptors (Lipinski definition) is 0. The molecular weight excluding hydrogens is 180 g/mol. The first-order valence-electron chi connectivity index (χ1n) is 7.33. The molecule has 0 amide bonds. The largest absolute Gasteiger partial charge is 0.0683 e. The van der Waals surface area contributed by atoms with E-state index in [4.69, 9.17) is 0 Å². The average Bonchev–Trinajstić information content (AvgIpc) is 2.39. The summed E-state index contributed by atoms with van der Waals surface area (Å²) in [7, 11) is 0. The quantitative estimate of drug-likeness (QED) is 0.436. The van der Waals surface area contributed by atoms with Gasteiger partial charge in [0.15, 0.2) is 0 Å². The van der Waals surface area contributed by atoms with Crippen LogP contribution in [-0.2, 0) is 0 Å². The first-order chi connectivity index (χ1) is 7.33. The van der Waals surface area contributed by atoms with Crippen LogP contribution in [0.25, 0.3) is 0 Å². The molecule has 0 unspecified atom stereocenters. The Morgan fingerprint density at radius 3 is 0.467 bits per heavy atom. The van der Waals surface area contributed by atoms with Gasteiger partial charge in [-0.05, 0) is 0 Å². The maximum atomic E-state index is 2.18. The summed E-state index contributed by atoms with van der Waals surface area (Å²) < 4.78 is 0. The van der Waals surface area contributed by atoms with Crippen LogP contribution >= 0.6 is 0 Å². The molecule has 0 aliphatic rings. The third-order valence-electron chi connectivity index (χ3n) is 0.500. The van der Waals surface area contributed by atoms with Crippen molar-refractivity contribution in [1.82, 2.24) is 0 Å². The van der Waals surface area contributed by atoms with Crippen LogP contribution in [0, 0.1) is 0 Å². The average molecular weight is 223 g/mol. The van der Waals surface area contributed by atoms with E-state index in [1.165, 1.54) is 19.3 Å². The molecule has 0 atom stereocenters. The summed E-state index contributed by atoms with van der Waals surface area (Å²) in [6.07, 6.45) is 3.89. The second-order valence-electron chi connectivity index (χ2n) is 1.71. The highest BCUT2D eigenvalue weighted by Gasteiger charge is 1.56. The lowest BCUT2D eigenvalue weighted by Gasteiger charge is -1.68. The van der Waals surface area contributed by atoms with Gasteiger partial charge in [0, 0.05) is 0 Å². The number of rotatable bonds is 1. The van der Waals surface area contributed by atoms with Gasteiger partial charge in [-0.25, -0.2) is 0 Å². The molecule has 0 aromatic rings. The van der Waals surface area contributed by atoms with Gasteiger partial charge in [0.05, 0.1) is 0 Å². The van der Waals surface area contributed by atoms with Gasteiger partial charge < -0.3 is 0 Å². The third kappa shape index (κ3) is 2020. The second-order valence-corrected chi connectivity index (χ2v) is 1.71. The lowest BCUT2D eigenvalue weighted by Crippen LogP contribution is -1.47. The Morgan fingerprint density at radius 1 is 0.400 bits per heavy atom. The van der Waals surface area contributed by atoms with Crippen molar-refractivity contribution in [3.8, 4) is 0 Å². The molecule has 0 heterocycles. The molecule has 0 N–H and O–H groups in total. The minimum atomic E-state index is 1.25. The Balaban J connectivity index is -0.0000000168. The molecular formula is C15H42. The van der Waals surface area contributed by atoms with E-state index in [9.17, 15) is 0 Å². The Bertz CT molecular complexity index is 7.51. The zero-order valence-corrected chi connectivity index (χ0v) is 14.1. The van der Waals surface area contributed by atoms with Crippen molar-refractivity contribution >= 4 is 0 Å². The summed E-state index contributed by atoms with van der Waals surface area (Å²) in [5.74, 6) is 0. The monoisotopic (exact) mass is 222 g/mol. The summed E-state index contributed by atoms with van der Waals surface area (Å²) in [5.41, 5.74) is 0. The zero-order chi connectivity index (χ0) is 14.1. The fourth-order valence-electron chi connectivity index (χ4n) is 0. The van der Waals surface area contributed by atoms with E-state index in [2.05, 4.69) is 27.7 Å². The molecule has 0 bridgehead atoms. The van der Waals surface area contributed by atoms with E-state index in [0.717, 1.165) is 0 Å². The first kappa shape index (κ1) is 36.3. The van der Waals surface area contributed by atoms with Crippen molar-refractivity contribution in [2.24, 2.45) is 0 Å². The highest BCUT2D eigenvalue weighted by molar-refractivity contribution is 4.12. The van der Waals surface area contributed by atoms with Crippen LogP contribution in [0.2, 0.25) is 0 Å². The molecule has 0 fully saturated rings. The Morgan fingerprint density at radius 2 is 0.467 bits per heavy atom. The number of unbranched alkanes of at least 4 members (excludes halogenated alkanes) is 1. The topological polar surface area (TPSA) is 0 Å². The molecule has 0 aliphatic carbocycles. The molecule has 0 aromatic carbocycles. The summed E-state index contributed by atoms with van der Waals surface area (Å²) in [6.45, 7) is 24.6. The molecule has 0 saturated carbocycles. The minimum Gasteiger partial charge on any atom is -0.0683 e. The highest BCUT2D eigenvalue weighted by atomic mass is 13.6. The Labute approximate surface area is 103 Å². The lowest BCUT2D eigenvalue weighted by molar-refractivity contribution is 0.886. The van der Waals surface area contributed by atoms with E-state index in [1.807, 2.05) is 55.4 Å². The summed E-state index contributed by atoms with van der Waals surface area (Å²) >= 11 is 0. The van der Waals surface area contributed by atoms with Gasteiger partial charge in [0.2, 0.25) is 0 Å². The van der Waals surface area contributed by atoms with Crippen LogP contribution in [0.15, 0.2) is 0 Å². The third-order valence-corrected chi connectivity index (χ3v) is 0.500. The maximum Gasteiger partial charge on any atom is -0.0564 e. The summed E-state index contributed by atoms with van der Waals surface area (Å²) in [4.78, 5) is 0. The molecule has 0 nitrogen and oxygen atoms in total. The van der Waals surface area contributed by atoms with Crippen LogP contribution < -0.4 is 0 Å². The molecule has 0 saturated heterocycles. The fraction of sp³-hybridized carbons (Fsp3) is 1.00. The van der Waals surface area contributed by atoms with Gasteiger partial charge in [-0.2, -0.15) is 0 Å². The molecule has 0 aliphatic heterocycles. The first-order valence-corrected chi connectivity index (χ1v) is 7.33. The van der Waals surface area contributed by atoms with E-state index >= 15 is 0 Å². The Hall–Kier alpha value is 0. The Kier molecular flexibility index (Phi) is 636. The van der Waals surface area contributed by atoms with E-state index < -0.39 is 0 Å². The zero-order valence-electron chi connectivity index (χ0n) is 14.1. The SMILES string of the molecule is CC.CC.CC.CC.CCC.CCCC. The van der Waals surface area contributed by atoms with Crippen LogP contribution in [0.4, 0.5) is 0 Å². The lowest BCUT2D eigenvalue weighted by atomic mass is 10.4. The van der Waals surface area contributed by atoms with Gasteiger partial charge in [0.1, 0.15) is 0 Å². The minimum absolute atomic E-state index is 1.25. The molecule has 15 heavy (non-hydrogen) atoms. The van der Waals surface area contributed by atoms with Crippen LogP contribution in [0.1, 0.15) is 102 Å². The van der Waals surface area contributed by atoms with E-state index in [1.54, 1.807) is 0 Å². The van der Waals surface area contributed by atoms with Crippen molar-refractivity contribution in [2.75, 3.05) is 0 Å². The summed E-state index contributed by atoms with van der Waals surface area (Å²) in [6, 6.07) is 0. The van der Waals surface area contributed by atoms with Crippen molar-refractivity contribution in [1.29, 1.82) is 0 Å².